The van der Waals surface area contributed by atoms with E-state index in [-0.39, 0.29) is 10.7 Å². The predicted molar refractivity (Wildman–Crippen MR) is 118 cm³/mol. The van der Waals surface area contributed by atoms with Crippen LogP contribution in [-0.4, -0.2) is 21.5 Å². The van der Waals surface area contributed by atoms with Crippen LogP contribution >= 0.6 is 12.2 Å². The second-order valence-corrected chi connectivity index (χ2v) is 7.39. The molecule has 1 N–H and O–H groups in total. The van der Waals surface area contributed by atoms with Crippen LogP contribution < -0.4 is 10.2 Å². The molecular weight excluding hydrogens is 401 g/mol. The normalized spacial score (nSPS) is 15.6. The molecule has 1 aliphatic heterocycles. The van der Waals surface area contributed by atoms with E-state index in [9.17, 15) is 14.0 Å². The molecule has 1 aliphatic rings. The number of aryl methyl sites for hydroxylation is 2. The van der Waals surface area contributed by atoms with Gasteiger partial charge in [-0.05, 0) is 68.0 Å². The third-order valence-electron chi connectivity index (χ3n) is 4.88. The number of nitrogens with one attached hydrogen (secondary N) is 1. The zero-order chi connectivity index (χ0) is 21.4. The van der Waals surface area contributed by atoms with E-state index in [1.165, 1.54) is 17.0 Å². The summed E-state index contributed by atoms with van der Waals surface area (Å²) in [5.74, 6) is -1.53. The van der Waals surface area contributed by atoms with E-state index in [2.05, 4.69) is 5.32 Å². The number of carbonyl (C=O) groups is 2. The van der Waals surface area contributed by atoms with Crippen LogP contribution in [0.3, 0.4) is 0 Å². The minimum Gasteiger partial charge on any atom is -0.314 e. The van der Waals surface area contributed by atoms with E-state index in [1.807, 2.05) is 26.0 Å². The van der Waals surface area contributed by atoms with Crippen LogP contribution in [-0.2, 0) is 9.59 Å². The summed E-state index contributed by atoms with van der Waals surface area (Å²) in [5, 5.41) is 2.61. The smallest absolute Gasteiger partial charge is 0.270 e. The predicted octanol–water partition coefficient (Wildman–Crippen LogP) is 4.06. The summed E-state index contributed by atoms with van der Waals surface area (Å²) in [5.41, 5.74) is 3.24. The number of carbonyl (C=O) groups excluding carboxylic acids is 2. The lowest BCUT2D eigenvalue weighted by Crippen LogP contribution is -2.54. The summed E-state index contributed by atoms with van der Waals surface area (Å²) >= 11 is 5.27. The van der Waals surface area contributed by atoms with Crippen LogP contribution in [0.4, 0.5) is 10.1 Å². The van der Waals surface area contributed by atoms with Crippen LogP contribution in [0.15, 0.2) is 66.4 Å². The van der Waals surface area contributed by atoms with Crippen molar-refractivity contribution in [3.8, 4) is 5.69 Å². The van der Waals surface area contributed by atoms with Gasteiger partial charge in [0, 0.05) is 11.9 Å². The highest BCUT2D eigenvalue weighted by molar-refractivity contribution is 7.80. The van der Waals surface area contributed by atoms with Gasteiger partial charge in [0.05, 0.1) is 11.4 Å². The van der Waals surface area contributed by atoms with Gasteiger partial charge in [0.25, 0.3) is 11.8 Å². The monoisotopic (exact) mass is 419 g/mol. The SMILES string of the molecule is Cc1ccc(N2C(=O)/C(=C/c3cccn3-c3ccccc3F)C(=O)NC2=S)c(C)c1. The van der Waals surface area contributed by atoms with Crippen molar-refractivity contribution in [3.63, 3.8) is 0 Å². The fourth-order valence-electron chi connectivity index (χ4n) is 3.46. The molecule has 1 aromatic heterocycles. The Balaban J connectivity index is 1.78. The lowest BCUT2D eigenvalue weighted by atomic mass is 10.1. The number of nitrogens with zero attached hydrogens (tertiary/aromatic N) is 2. The molecule has 2 amide bonds. The Morgan fingerprint density at radius 3 is 2.50 bits per heavy atom. The first kappa shape index (κ1) is 19.7. The van der Waals surface area contributed by atoms with Crippen molar-refractivity contribution in [1.82, 2.24) is 9.88 Å². The average Bonchev–Trinajstić information content (AvgIpc) is 3.15. The molecule has 0 bridgehead atoms. The molecular formula is C23H18FN3O2S. The average molecular weight is 419 g/mol. The van der Waals surface area contributed by atoms with Gasteiger partial charge < -0.3 is 4.57 Å². The Labute approximate surface area is 178 Å². The number of benzene rings is 2. The number of hydrogen-bond donors (Lipinski definition) is 1. The van der Waals surface area contributed by atoms with Crippen molar-refractivity contribution in [2.45, 2.75) is 13.8 Å². The molecule has 2 heterocycles. The van der Waals surface area contributed by atoms with E-state index in [4.69, 9.17) is 12.2 Å². The van der Waals surface area contributed by atoms with Crippen molar-refractivity contribution < 1.29 is 14.0 Å². The van der Waals surface area contributed by atoms with Gasteiger partial charge in [-0.2, -0.15) is 0 Å². The number of thiocarbonyl (C=S) groups is 1. The third kappa shape index (κ3) is 3.44. The highest BCUT2D eigenvalue weighted by atomic mass is 32.1. The second kappa shape index (κ2) is 7.68. The molecule has 0 radical (unpaired) electrons. The summed E-state index contributed by atoms with van der Waals surface area (Å²) in [7, 11) is 0. The van der Waals surface area contributed by atoms with Crippen LogP contribution in [0.25, 0.3) is 11.8 Å². The number of aromatic nitrogens is 1. The first-order valence-electron chi connectivity index (χ1n) is 9.28. The fraction of sp³-hybridized carbons (Fsp3) is 0.0870. The van der Waals surface area contributed by atoms with E-state index in [1.54, 1.807) is 47.2 Å². The molecule has 1 saturated heterocycles. The fourth-order valence-corrected chi connectivity index (χ4v) is 3.73. The van der Waals surface area contributed by atoms with E-state index >= 15 is 0 Å². The van der Waals surface area contributed by atoms with Crippen LogP contribution in [0.2, 0.25) is 0 Å². The minimum absolute atomic E-state index is 0.0265. The molecule has 0 aliphatic carbocycles. The maximum atomic E-state index is 14.3. The second-order valence-electron chi connectivity index (χ2n) is 7.00. The third-order valence-corrected chi connectivity index (χ3v) is 5.16. The molecule has 0 atom stereocenters. The first-order chi connectivity index (χ1) is 14.4. The highest BCUT2D eigenvalue weighted by Gasteiger charge is 2.35. The highest BCUT2D eigenvalue weighted by Crippen LogP contribution is 2.27. The molecule has 5 nitrogen and oxygen atoms in total. The molecule has 4 rings (SSSR count). The molecule has 1 fully saturated rings. The molecule has 2 aromatic carbocycles. The van der Waals surface area contributed by atoms with Crippen LogP contribution in [0.5, 0.6) is 0 Å². The standard InChI is InChI=1S/C23H18FN3O2S/c1-14-9-10-19(15(2)12-14)27-22(29)17(21(28)25-23(27)30)13-16-6-5-11-26(16)20-8-4-3-7-18(20)24/h3-13H,1-2H3,(H,25,28,30)/b17-13+. The summed E-state index contributed by atoms with van der Waals surface area (Å²) < 4.78 is 15.8. The topological polar surface area (TPSA) is 54.3 Å². The summed E-state index contributed by atoms with van der Waals surface area (Å²) in [6.07, 6.45) is 3.12. The number of para-hydroxylation sites is 1. The van der Waals surface area contributed by atoms with Crippen molar-refractivity contribution in [2.75, 3.05) is 4.90 Å². The van der Waals surface area contributed by atoms with E-state index in [0.29, 0.717) is 17.1 Å². The van der Waals surface area contributed by atoms with Crippen LogP contribution in [0.1, 0.15) is 16.8 Å². The molecule has 0 saturated carbocycles. The Bertz CT molecular complexity index is 1230. The van der Waals surface area contributed by atoms with E-state index < -0.39 is 17.6 Å². The Kier molecular flexibility index (Phi) is 5.05. The number of rotatable bonds is 3. The molecule has 3 aromatic rings. The molecule has 30 heavy (non-hydrogen) atoms. The Morgan fingerprint density at radius 1 is 1.00 bits per heavy atom. The van der Waals surface area contributed by atoms with Gasteiger partial charge in [-0.1, -0.05) is 29.8 Å². The van der Waals surface area contributed by atoms with Gasteiger partial charge in [-0.25, -0.2) is 4.39 Å². The summed E-state index contributed by atoms with van der Waals surface area (Å²) in [6.45, 7) is 3.83. The molecule has 7 heteroatoms. The lowest BCUT2D eigenvalue weighted by Gasteiger charge is -2.30. The molecule has 0 spiro atoms. The Morgan fingerprint density at radius 2 is 1.77 bits per heavy atom. The molecule has 0 unspecified atom stereocenters. The molecule has 150 valence electrons. The van der Waals surface area contributed by atoms with Gasteiger partial charge in [-0.3, -0.25) is 19.8 Å². The lowest BCUT2D eigenvalue weighted by molar-refractivity contribution is -0.122. The zero-order valence-corrected chi connectivity index (χ0v) is 17.2. The van der Waals surface area contributed by atoms with Gasteiger partial charge in [0.1, 0.15) is 11.4 Å². The van der Waals surface area contributed by atoms with Crippen molar-refractivity contribution in [1.29, 1.82) is 0 Å². The quantitative estimate of drug-likeness (QED) is 0.396. The van der Waals surface area contributed by atoms with Crippen molar-refractivity contribution in [3.05, 3.63) is 89.0 Å². The van der Waals surface area contributed by atoms with Gasteiger partial charge in [0.15, 0.2) is 5.11 Å². The minimum atomic E-state index is -0.590. The number of amides is 2. The van der Waals surface area contributed by atoms with Crippen molar-refractivity contribution >= 4 is 40.9 Å². The van der Waals surface area contributed by atoms with E-state index in [0.717, 1.165) is 11.1 Å². The van der Waals surface area contributed by atoms with Gasteiger partial charge in [-0.15, -0.1) is 0 Å². The largest absolute Gasteiger partial charge is 0.314 e. The Hall–Kier alpha value is -3.58. The van der Waals surface area contributed by atoms with Gasteiger partial charge in [0.2, 0.25) is 0 Å². The van der Waals surface area contributed by atoms with Gasteiger partial charge >= 0.3 is 0 Å². The maximum Gasteiger partial charge on any atom is 0.270 e. The number of halogens is 1. The number of anilines is 1. The first-order valence-corrected chi connectivity index (χ1v) is 9.68. The summed E-state index contributed by atoms with van der Waals surface area (Å²) in [6, 6.07) is 15.3. The maximum absolute atomic E-state index is 14.3. The van der Waals surface area contributed by atoms with Crippen molar-refractivity contribution in [2.24, 2.45) is 0 Å². The van der Waals surface area contributed by atoms with Crippen LogP contribution in [0, 0.1) is 19.7 Å². The summed E-state index contributed by atoms with van der Waals surface area (Å²) in [4.78, 5) is 27.1. The zero-order valence-electron chi connectivity index (χ0n) is 16.3. The number of hydrogen-bond acceptors (Lipinski definition) is 3.